The predicted octanol–water partition coefficient (Wildman–Crippen LogP) is 4.89. The van der Waals surface area contributed by atoms with Crippen LogP contribution in [0, 0.1) is 6.92 Å². The highest BCUT2D eigenvalue weighted by atomic mass is 32.2. The van der Waals surface area contributed by atoms with Crippen LogP contribution in [0.5, 0.6) is 5.75 Å². The van der Waals surface area contributed by atoms with Gasteiger partial charge >= 0.3 is 6.18 Å². The molecule has 0 bridgehead atoms. The molecule has 0 aliphatic rings. The summed E-state index contributed by atoms with van der Waals surface area (Å²) in [5.74, 6) is -0.329. The van der Waals surface area contributed by atoms with E-state index < -0.39 is 21.8 Å². The summed E-state index contributed by atoms with van der Waals surface area (Å²) in [5.41, 5.74) is -0.633. The van der Waals surface area contributed by atoms with Crippen molar-refractivity contribution in [2.24, 2.45) is 0 Å². The van der Waals surface area contributed by atoms with E-state index in [9.17, 15) is 21.6 Å². The van der Waals surface area contributed by atoms with Gasteiger partial charge in [0.25, 0.3) is 10.0 Å². The molecule has 0 radical (unpaired) electrons. The molecule has 0 amide bonds. The number of ether oxygens (including phenoxy) is 1. The van der Waals surface area contributed by atoms with Gasteiger partial charge in [-0.1, -0.05) is 6.07 Å². The third kappa shape index (κ3) is 4.31. The number of fused-ring (bicyclic) bond motifs is 1. The van der Waals surface area contributed by atoms with Gasteiger partial charge in [-0.25, -0.2) is 22.7 Å². The van der Waals surface area contributed by atoms with E-state index in [0.717, 1.165) is 35.0 Å². The molecule has 0 fully saturated rings. The summed E-state index contributed by atoms with van der Waals surface area (Å²) >= 11 is 0. The largest absolute Gasteiger partial charge is 0.495 e. The topological polar surface area (TPSA) is 85.3 Å². The number of halogens is 3. The van der Waals surface area contributed by atoms with Crippen molar-refractivity contribution >= 4 is 32.3 Å². The maximum absolute atomic E-state index is 13.8. The minimum absolute atomic E-state index is 0.0459. The number of alkyl halides is 3. The van der Waals surface area contributed by atoms with Crippen LogP contribution in [0.4, 0.5) is 24.7 Å². The first-order valence-corrected chi connectivity index (χ1v) is 11.0. The zero-order valence-corrected chi connectivity index (χ0v) is 18.2. The Hall–Kier alpha value is -3.73. The van der Waals surface area contributed by atoms with Gasteiger partial charge in [0.2, 0.25) is 0 Å². The number of pyridine rings is 1. The molecule has 0 saturated heterocycles. The van der Waals surface area contributed by atoms with E-state index in [-0.39, 0.29) is 22.2 Å². The summed E-state index contributed by atoms with van der Waals surface area (Å²) in [4.78, 5) is 12.0. The van der Waals surface area contributed by atoms with Crippen LogP contribution in [-0.4, -0.2) is 30.5 Å². The Morgan fingerprint density at radius 2 is 1.76 bits per heavy atom. The van der Waals surface area contributed by atoms with Crippen molar-refractivity contribution in [2.45, 2.75) is 18.0 Å². The second-order valence-electron chi connectivity index (χ2n) is 7.06. The molecule has 7 nitrogen and oxygen atoms in total. The van der Waals surface area contributed by atoms with E-state index in [1.54, 1.807) is 25.3 Å². The maximum Gasteiger partial charge on any atom is 0.416 e. The second kappa shape index (κ2) is 8.32. The van der Waals surface area contributed by atoms with Crippen LogP contribution in [-0.2, 0) is 16.2 Å². The quantitative estimate of drug-likeness (QED) is 0.410. The van der Waals surface area contributed by atoms with Gasteiger partial charge in [0.1, 0.15) is 17.8 Å². The molecule has 0 unspecified atom stereocenters. The van der Waals surface area contributed by atoms with Gasteiger partial charge in [0.05, 0.1) is 17.6 Å². The molecular formula is C22H17F3N4O3S. The summed E-state index contributed by atoms with van der Waals surface area (Å²) in [6.45, 7) is 1.64. The maximum atomic E-state index is 13.8. The highest BCUT2D eigenvalue weighted by molar-refractivity contribution is 7.93. The van der Waals surface area contributed by atoms with E-state index in [2.05, 4.69) is 15.0 Å². The Bertz CT molecular complexity index is 1440. The van der Waals surface area contributed by atoms with Crippen LogP contribution in [0.2, 0.25) is 0 Å². The van der Waals surface area contributed by atoms with Crippen molar-refractivity contribution < 1.29 is 26.3 Å². The standard InChI is InChI=1S/C22H17F3N4O3S/c1-14-9-21(28-13-27-14)29(19-6-4-17(22(23,24)25)11-20(19)32-2)33(30,31)18-5-3-16-12-26-8-7-15(16)10-18/h3-13H,1-2H3. The lowest BCUT2D eigenvalue weighted by Gasteiger charge is -2.26. The van der Waals surface area contributed by atoms with E-state index in [4.69, 9.17) is 4.74 Å². The van der Waals surface area contributed by atoms with Gasteiger partial charge in [-0.3, -0.25) is 4.98 Å². The van der Waals surface area contributed by atoms with Crippen molar-refractivity contribution in [3.05, 3.63) is 78.5 Å². The van der Waals surface area contributed by atoms with Gasteiger partial charge in [-0.15, -0.1) is 0 Å². The molecule has 2 aromatic carbocycles. The molecular weight excluding hydrogens is 457 g/mol. The Kier molecular flexibility index (Phi) is 5.66. The molecule has 2 aromatic heterocycles. The number of aryl methyl sites for hydroxylation is 1. The molecule has 4 rings (SSSR count). The van der Waals surface area contributed by atoms with Crippen LogP contribution in [0.15, 0.2) is 72.1 Å². The predicted molar refractivity (Wildman–Crippen MR) is 116 cm³/mol. The smallest absolute Gasteiger partial charge is 0.416 e. The number of benzene rings is 2. The van der Waals surface area contributed by atoms with Crippen LogP contribution in [0.25, 0.3) is 10.8 Å². The van der Waals surface area contributed by atoms with Gasteiger partial charge in [0.15, 0.2) is 5.82 Å². The van der Waals surface area contributed by atoms with Crippen LogP contribution >= 0.6 is 0 Å². The minimum atomic E-state index is -4.63. The third-order valence-electron chi connectivity index (χ3n) is 4.87. The van der Waals surface area contributed by atoms with Crippen molar-refractivity contribution in [3.8, 4) is 5.75 Å². The molecule has 0 aliphatic heterocycles. The van der Waals surface area contributed by atoms with E-state index in [1.165, 1.54) is 30.7 Å². The lowest BCUT2D eigenvalue weighted by molar-refractivity contribution is -0.137. The average Bonchev–Trinajstić information content (AvgIpc) is 2.78. The number of methoxy groups -OCH3 is 1. The fourth-order valence-electron chi connectivity index (χ4n) is 3.28. The summed E-state index contributed by atoms with van der Waals surface area (Å²) in [6, 6.07) is 10.1. The summed E-state index contributed by atoms with van der Waals surface area (Å²) in [7, 11) is -3.17. The number of rotatable bonds is 5. The van der Waals surface area contributed by atoms with Gasteiger partial charge in [-0.05, 0) is 48.7 Å². The van der Waals surface area contributed by atoms with Crippen molar-refractivity contribution in [3.63, 3.8) is 0 Å². The molecule has 0 spiro atoms. The number of hydrogen-bond acceptors (Lipinski definition) is 6. The Morgan fingerprint density at radius 3 is 2.45 bits per heavy atom. The zero-order valence-electron chi connectivity index (χ0n) is 17.4. The molecule has 33 heavy (non-hydrogen) atoms. The lowest BCUT2D eigenvalue weighted by Crippen LogP contribution is -2.28. The fraction of sp³-hybridized carbons (Fsp3) is 0.136. The Balaban J connectivity index is 1.96. The molecule has 170 valence electrons. The number of hydrogen-bond donors (Lipinski definition) is 0. The number of anilines is 2. The Morgan fingerprint density at radius 1 is 0.970 bits per heavy atom. The highest BCUT2D eigenvalue weighted by Crippen LogP contribution is 2.41. The van der Waals surface area contributed by atoms with Gasteiger partial charge in [0, 0.05) is 29.5 Å². The van der Waals surface area contributed by atoms with E-state index in [1.807, 2.05) is 0 Å². The monoisotopic (exact) mass is 474 g/mol. The van der Waals surface area contributed by atoms with Crippen molar-refractivity contribution in [1.29, 1.82) is 0 Å². The van der Waals surface area contributed by atoms with Gasteiger partial charge in [-0.2, -0.15) is 13.2 Å². The van der Waals surface area contributed by atoms with E-state index >= 15 is 0 Å². The summed E-state index contributed by atoms with van der Waals surface area (Å²) < 4.78 is 73.4. The third-order valence-corrected chi connectivity index (χ3v) is 6.59. The van der Waals surface area contributed by atoms with Gasteiger partial charge < -0.3 is 4.74 Å². The van der Waals surface area contributed by atoms with Crippen molar-refractivity contribution in [1.82, 2.24) is 15.0 Å². The number of sulfonamides is 1. The van der Waals surface area contributed by atoms with Crippen molar-refractivity contribution in [2.75, 3.05) is 11.4 Å². The second-order valence-corrected chi connectivity index (χ2v) is 8.84. The first-order chi connectivity index (χ1) is 15.6. The van der Waals surface area contributed by atoms with Crippen LogP contribution < -0.4 is 9.04 Å². The molecule has 0 atom stereocenters. The number of nitrogens with zero attached hydrogens (tertiary/aromatic N) is 4. The summed E-state index contributed by atoms with van der Waals surface area (Å²) in [5, 5.41) is 1.36. The number of aromatic nitrogens is 3. The molecule has 0 saturated carbocycles. The summed E-state index contributed by atoms with van der Waals surface area (Å²) in [6.07, 6.45) is -0.331. The lowest BCUT2D eigenvalue weighted by atomic mass is 10.2. The Labute approximate surface area is 187 Å². The fourth-order valence-corrected chi connectivity index (χ4v) is 4.76. The first-order valence-electron chi connectivity index (χ1n) is 9.54. The van der Waals surface area contributed by atoms with E-state index in [0.29, 0.717) is 11.1 Å². The molecule has 2 heterocycles. The average molecular weight is 474 g/mol. The SMILES string of the molecule is COc1cc(C(F)(F)F)ccc1N(c1cc(C)ncn1)S(=O)(=O)c1ccc2cnccc2c1. The normalized spacial score (nSPS) is 12.0. The minimum Gasteiger partial charge on any atom is -0.495 e. The van der Waals surface area contributed by atoms with Crippen LogP contribution in [0.3, 0.4) is 0 Å². The molecule has 0 N–H and O–H groups in total. The zero-order chi connectivity index (χ0) is 23.8. The van der Waals surface area contributed by atoms with Crippen LogP contribution in [0.1, 0.15) is 11.3 Å². The molecule has 0 aliphatic carbocycles. The molecule has 4 aromatic rings. The first kappa shape index (κ1) is 22.5. The molecule has 11 heteroatoms. The highest BCUT2D eigenvalue weighted by Gasteiger charge is 2.35.